The smallest absolute Gasteiger partial charge is 0.339 e. The van der Waals surface area contributed by atoms with Crippen molar-refractivity contribution in [1.82, 2.24) is 0 Å². The van der Waals surface area contributed by atoms with E-state index in [1.807, 2.05) is 0 Å². The lowest BCUT2D eigenvalue weighted by Gasteiger charge is -2.08. The molecule has 1 aromatic carbocycles. The summed E-state index contributed by atoms with van der Waals surface area (Å²) in [5.41, 5.74) is 0.370. The number of hydrogen-bond acceptors (Lipinski definition) is 3. The Morgan fingerprint density at radius 1 is 0.679 bits per heavy atom. The second kappa shape index (κ2) is 15.2. The number of aromatic hydroxyl groups is 2. The van der Waals surface area contributed by atoms with Crippen molar-refractivity contribution >= 4 is 5.97 Å². The van der Waals surface area contributed by atoms with E-state index in [2.05, 4.69) is 6.92 Å². The zero-order valence-corrected chi connectivity index (χ0v) is 17.7. The minimum Gasteiger partial charge on any atom is -0.504 e. The predicted molar refractivity (Wildman–Crippen MR) is 115 cm³/mol. The molecule has 0 saturated carbocycles. The van der Waals surface area contributed by atoms with E-state index in [9.17, 15) is 15.0 Å². The molecule has 0 atom stereocenters. The van der Waals surface area contributed by atoms with Crippen LogP contribution in [0.25, 0.3) is 0 Å². The number of hydrogen-bond donors (Lipinski definition) is 3. The van der Waals surface area contributed by atoms with Crippen LogP contribution in [0.2, 0.25) is 0 Å². The molecule has 28 heavy (non-hydrogen) atoms. The molecule has 0 radical (unpaired) electrons. The summed E-state index contributed by atoms with van der Waals surface area (Å²) in [6.07, 6.45) is 20.3. The van der Waals surface area contributed by atoms with Crippen LogP contribution < -0.4 is 0 Å². The van der Waals surface area contributed by atoms with E-state index in [1.165, 1.54) is 89.5 Å². The number of phenolic OH excluding ortho intramolecular Hbond substituents is 1. The topological polar surface area (TPSA) is 77.8 Å². The maximum absolute atomic E-state index is 10.9. The molecule has 3 N–H and O–H groups in total. The Morgan fingerprint density at radius 2 is 1.11 bits per heavy atom. The van der Waals surface area contributed by atoms with Crippen molar-refractivity contribution in [3.8, 4) is 11.5 Å². The first-order valence-corrected chi connectivity index (χ1v) is 11.3. The van der Waals surface area contributed by atoms with E-state index >= 15 is 0 Å². The molecule has 0 spiro atoms. The first-order chi connectivity index (χ1) is 13.6. The van der Waals surface area contributed by atoms with Gasteiger partial charge in [0.25, 0.3) is 0 Å². The van der Waals surface area contributed by atoms with Gasteiger partial charge in [0.15, 0.2) is 11.5 Å². The molecule has 0 bridgehead atoms. The van der Waals surface area contributed by atoms with Gasteiger partial charge < -0.3 is 15.3 Å². The number of rotatable bonds is 17. The molecule has 0 aromatic heterocycles. The van der Waals surface area contributed by atoms with Crippen molar-refractivity contribution < 1.29 is 20.1 Å². The average molecular weight is 393 g/mol. The maximum Gasteiger partial charge on any atom is 0.339 e. The lowest BCUT2D eigenvalue weighted by Crippen LogP contribution is -1.98. The summed E-state index contributed by atoms with van der Waals surface area (Å²) in [6, 6.07) is 2.96. The number of aryl methyl sites for hydroxylation is 1. The van der Waals surface area contributed by atoms with Crippen molar-refractivity contribution in [3.63, 3.8) is 0 Å². The van der Waals surface area contributed by atoms with Gasteiger partial charge in [0, 0.05) is 0 Å². The van der Waals surface area contributed by atoms with Crippen molar-refractivity contribution in [1.29, 1.82) is 0 Å². The summed E-state index contributed by atoms with van der Waals surface area (Å²) in [4.78, 5) is 10.9. The molecular formula is C24H40O4. The van der Waals surface area contributed by atoms with Crippen LogP contribution in [0, 0.1) is 0 Å². The summed E-state index contributed by atoms with van der Waals surface area (Å²) in [5, 5.41) is 28.6. The van der Waals surface area contributed by atoms with E-state index in [1.54, 1.807) is 6.07 Å². The number of carboxylic acid groups (broad SMARTS) is 1. The van der Waals surface area contributed by atoms with Gasteiger partial charge in [-0.05, 0) is 24.5 Å². The minimum atomic E-state index is -1.23. The van der Waals surface area contributed by atoms with Gasteiger partial charge in [0.1, 0.15) is 5.56 Å². The third kappa shape index (κ3) is 10.0. The fourth-order valence-electron chi connectivity index (χ4n) is 3.68. The third-order valence-corrected chi connectivity index (χ3v) is 5.51. The average Bonchev–Trinajstić information content (AvgIpc) is 2.67. The van der Waals surface area contributed by atoms with Gasteiger partial charge in [0.2, 0.25) is 0 Å². The highest BCUT2D eigenvalue weighted by molar-refractivity contribution is 5.92. The molecule has 0 amide bonds. The van der Waals surface area contributed by atoms with Crippen molar-refractivity contribution in [2.45, 2.75) is 110 Å². The summed E-state index contributed by atoms with van der Waals surface area (Å²) >= 11 is 0. The van der Waals surface area contributed by atoms with Gasteiger partial charge in [-0.3, -0.25) is 0 Å². The van der Waals surface area contributed by atoms with E-state index in [0.29, 0.717) is 12.0 Å². The van der Waals surface area contributed by atoms with Crippen LogP contribution in [0.5, 0.6) is 11.5 Å². The Bertz CT molecular complexity index is 554. The molecule has 0 unspecified atom stereocenters. The van der Waals surface area contributed by atoms with Crippen LogP contribution in [-0.2, 0) is 6.42 Å². The van der Waals surface area contributed by atoms with Gasteiger partial charge in [0.05, 0.1) is 0 Å². The molecule has 0 fully saturated rings. The van der Waals surface area contributed by atoms with Gasteiger partial charge in [-0.1, -0.05) is 103 Å². The van der Waals surface area contributed by atoms with Crippen molar-refractivity contribution in [2.24, 2.45) is 0 Å². The van der Waals surface area contributed by atoms with E-state index in [4.69, 9.17) is 5.11 Å². The summed E-state index contributed by atoms with van der Waals surface area (Å²) < 4.78 is 0. The highest BCUT2D eigenvalue weighted by Crippen LogP contribution is 2.33. The van der Waals surface area contributed by atoms with Crippen LogP contribution in [-0.4, -0.2) is 21.3 Å². The number of benzene rings is 1. The zero-order chi connectivity index (χ0) is 20.6. The van der Waals surface area contributed by atoms with Gasteiger partial charge in [-0.15, -0.1) is 0 Å². The van der Waals surface area contributed by atoms with Gasteiger partial charge in [-0.25, -0.2) is 4.79 Å². The highest BCUT2D eigenvalue weighted by Gasteiger charge is 2.16. The summed E-state index contributed by atoms with van der Waals surface area (Å²) in [6.45, 7) is 2.26. The largest absolute Gasteiger partial charge is 0.504 e. The standard InChI is InChI=1S/C24H40O4/c1-2-3-4-5-6-7-8-9-10-11-12-13-14-15-16-17-20-18-19-21(24(27)28)23(26)22(20)25/h18-19,25-26H,2-17H2,1H3,(H,27,28). The molecule has 0 saturated heterocycles. The van der Waals surface area contributed by atoms with Gasteiger partial charge >= 0.3 is 5.97 Å². The predicted octanol–water partition coefficient (Wildman–Crippen LogP) is 7.21. The molecule has 160 valence electrons. The zero-order valence-electron chi connectivity index (χ0n) is 17.7. The normalized spacial score (nSPS) is 11.0. The highest BCUT2D eigenvalue weighted by atomic mass is 16.4. The first-order valence-electron chi connectivity index (χ1n) is 11.3. The Kier molecular flexibility index (Phi) is 13.2. The van der Waals surface area contributed by atoms with Crippen LogP contribution in [0.1, 0.15) is 119 Å². The Hall–Kier alpha value is -1.71. The first kappa shape index (κ1) is 24.3. The molecule has 0 heterocycles. The van der Waals surface area contributed by atoms with Crippen molar-refractivity contribution in [3.05, 3.63) is 23.3 Å². The second-order valence-corrected chi connectivity index (χ2v) is 7.97. The SMILES string of the molecule is CCCCCCCCCCCCCCCCCc1ccc(C(=O)O)c(O)c1O. The fraction of sp³-hybridized carbons (Fsp3) is 0.708. The Labute approximate surface area is 171 Å². The molecule has 0 aliphatic carbocycles. The number of carbonyl (C=O) groups is 1. The lowest BCUT2D eigenvalue weighted by atomic mass is 10.0. The third-order valence-electron chi connectivity index (χ3n) is 5.51. The van der Waals surface area contributed by atoms with Crippen LogP contribution in [0.3, 0.4) is 0 Å². The molecule has 0 aliphatic heterocycles. The van der Waals surface area contributed by atoms with Gasteiger partial charge in [-0.2, -0.15) is 0 Å². The van der Waals surface area contributed by atoms with Crippen LogP contribution in [0.4, 0.5) is 0 Å². The van der Waals surface area contributed by atoms with Crippen LogP contribution in [0.15, 0.2) is 12.1 Å². The number of aromatic carboxylic acids is 1. The molecular weight excluding hydrogens is 352 g/mol. The fourth-order valence-corrected chi connectivity index (χ4v) is 3.68. The molecule has 0 aliphatic rings. The second-order valence-electron chi connectivity index (χ2n) is 7.97. The van der Waals surface area contributed by atoms with Crippen LogP contribution >= 0.6 is 0 Å². The van der Waals surface area contributed by atoms with Crippen molar-refractivity contribution in [2.75, 3.05) is 0 Å². The molecule has 4 heteroatoms. The Balaban J connectivity index is 1.97. The monoisotopic (exact) mass is 392 g/mol. The van der Waals surface area contributed by atoms with E-state index in [0.717, 1.165) is 12.8 Å². The minimum absolute atomic E-state index is 0.252. The molecule has 1 rings (SSSR count). The number of phenols is 2. The Morgan fingerprint density at radius 3 is 1.54 bits per heavy atom. The molecule has 4 nitrogen and oxygen atoms in total. The molecule has 1 aromatic rings. The summed E-state index contributed by atoms with van der Waals surface area (Å²) in [7, 11) is 0. The van der Waals surface area contributed by atoms with E-state index < -0.39 is 11.7 Å². The number of unbranched alkanes of at least 4 members (excludes halogenated alkanes) is 14. The maximum atomic E-state index is 10.9. The quantitative estimate of drug-likeness (QED) is 0.193. The summed E-state index contributed by atoms with van der Waals surface area (Å²) in [5.74, 6) is -2.04. The number of carboxylic acids is 1. The lowest BCUT2D eigenvalue weighted by molar-refractivity contribution is 0.0693. The van der Waals surface area contributed by atoms with E-state index in [-0.39, 0.29) is 11.3 Å².